The highest BCUT2D eigenvalue weighted by molar-refractivity contribution is 7.99. The molecule has 1 atom stereocenters. The summed E-state index contributed by atoms with van der Waals surface area (Å²) >= 11 is 1.58. The van der Waals surface area contributed by atoms with Crippen LogP contribution in [0, 0.1) is 13.8 Å². The molecule has 0 spiro atoms. The lowest BCUT2D eigenvalue weighted by atomic mass is 10.0. The highest BCUT2D eigenvalue weighted by Crippen LogP contribution is 2.51. The zero-order valence-electron chi connectivity index (χ0n) is 19.6. The molecule has 4 aromatic rings. The molecule has 1 aliphatic rings. The van der Waals surface area contributed by atoms with Gasteiger partial charge in [-0.3, -0.25) is 14.5 Å². The Kier molecular flexibility index (Phi) is 6.13. The number of fused-ring (bicyclic) bond motifs is 2. The van der Waals surface area contributed by atoms with Gasteiger partial charge in [0, 0.05) is 33.3 Å². The summed E-state index contributed by atoms with van der Waals surface area (Å²) in [6, 6.07) is 19.7. The first kappa shape index (κ1) is 23.5. The van der Waals surface area contributed by atoms with Gasteiger partial charge in [-0.15, -0.1) is 0 Å². The number of aromatic nitrogens is 2. The second-order valence-electron chi connectivity index (χ2n) is 8.55. The van der Waals surface area contributed by atoms with Gasteiger partial charge in [0.15, 0.2) is 5.37 Å². The van der Waals surface area contributed by atoms with Gasteiger partial charge in [0.2, 0.25) is 0 Å². The van der Waals surface area contributed by atoms with Gasteiger partial charge in [0.05, 0.1) is 22.8 Å². The van der Waals surface area contributed by atoms with Gasteiger partial charge in [-0.25, -0.2) is 0 Å². The van der Waals surface area contributed by atoms with Gasteiger partial charge < -0.3 is 4.90 Å². The molecular formula is C27H25N3O3S2. The Morgan fingerprint density at radius 3 is 2.03 bits per heavy atom. The average Bonchev–Trinajstić information content (AvgIpc) is 2.83. The van der Waals surface area contributed by atoms with Crippen LogP contribution in [0.3, 0.4) is 0 Å². The third-order valence-electron chi connectivity index (χ3n) is 6.20. The summed E-state index contributed by atoms with van der Waals surface area (Å²) in [5, 5.41) is -1.12. The number of nitrogens with zero attached hydrogens (tertiary/aromatic N) is 3. The molecule has 8 heteroatoms. The van der Waals surface area contributed by atoms with Gasteiger partial charge in [-0.1, -0.05) is 43.0 Å². The highest BCUT2D eigenvalue weighted by Gasteiger charge is 2.35. The summed E-state index contributed by atoms with van der Waals surface area (Å²) in [5.41, 5.74) is 7.13. The smallest absolute Gasteiger partial charge is 0.286 e. The molecule has 2 aromatic carbocycles. The number of benzene rings is 2. The number of anilines is 2. The first-order valence-corrected chi connectivity index (χ1v) is 13.7. The molecule has 2 aromatic heterocycles. The highest BCUT2D eigenvalue weighted by atomic mass is 32.2. The molecule has 0 fully saturated rings. The Morgan fingerprint density at radius 1 is 0.857 bits per heavy atom. The minimum atomic E-state index is -4.37. The summed E-state index contributed by atoms with van der Waals surface area (Å²) in [5.74, 6) is 0. The molecule has 1 unspecified atom stereocenters. The predicted molar refractivity (Wildman–Crippen MR) is 141 cm³/mol. The maximum Gasteiger partial charge on any atom is 0.286 e. The van der Waals surface area contributed by atoms with Crippen LogP contribution in [0.4, 0.5) is 11.4 Å². The number of hydrogen-bond donors (Lipinski definition) is 1. The van der Waals surface area contributed by atoms with E-state index in [0.29, 0.717) is 0 Å². The van der Waals surface area contributed by atoms with Crippen LogP contribution in [0.25, 0.3) is 22.5 Å². The number of rotatable bonds is 5. The second-order valence-corrected chi connectivity index (χ2v) is 11.2. The van der Waals surface area contributed by atoms with Crippen molar-refractivity contribution in [1.29, 1.82) is 0 Å². The molecule has 35 heavy (non-hydrogen) atoms. The van der Waals surface area contributed by atoms with Crippen molar-refractivity contribution in [3.8, 4) is 22.5 Å². The first-order chi connectivity index (χ1) is 16.8. The van der Waals surface area contributed by atoms with E-state index in [4.69, 9.17) is 0 Å². The molecule has 1 aliphatic heterocycles. The Labute approximate surface area is 209 Å². The van der Waals surface area contributed by atoms with E-state index in [-0.39, 0.29) is 6.42 Å². The molecule has 0 saturated carbocycles. The lowest BCUT2D eigenvalue weighted by molar-refractivity contribution is 0.464. The summed E-state index contributed by atoms with van der Waals surface area (Å²) in [7, 11) is -4.37. The van der Waals surface area contributed by atoms with E-state index in [9.17, 15) is 13.0 Å². The summed E-state index contributed by atoms with van der Waals surface area (Å²) < 4.78 is 35.2. The normalized spacial score (nSPS) is 13.8. The van der Waals surface area contributed by atoms with Gasteiger partial charge in [-0.05, 0) is 67.8 Å². The van der Waals surface area contributed by atoms with Gasteiger partial charge >= 0.3 is 0 Å². The second kappa shape index (κ2) is 9.11. The fraction of sp³-hybridized carbons (Fsp3) is 0.185. The zero-order valence-corrected chi connectivity index (χ0v) is 21.3. The monoisotopic (exact) mass is 503 g/mol. The summed E-state index contributed by atoms with van der Waals surface area (Å²) in [6.45, 7) is 5.78. The van der Waals surface area contributed by atoms with Crippen LogP contribution in [0.2, 0.25) is 0 Å². The summed E-state index contributed by atoms with van der Waals surface area (Å²) in [6.07, 6.45) is 3.73. The Bertz CT molecular complexity index is 1540. The van der Waals surface area contributed by atoms with Gasteiger partial charge in [0.25, 0.3) is 10.1 Å². The lowest BCUT2D eigenvalue weighted by Gasteiger charge is -2.37. The van der Waals surface area contributed by atoms with Crippen LogP contribution >= 0.6 is 11.8 Å². The van der Waals surface area contributed by atoms with Crippen molar-refractivity contribution < 1.29 is 13.0 Å². The van der Waals surface area contributed by atoms with Crippen molar-refractivity contribution in [2.75, 3.05) is 4.90 Å². The van der Waals surface area contributed by atoms with E-state index < -0.39 is 15.5 Å². The van der Waals surface area contributed by atoms with Crippen molar-refractivity contribution in [3.05, 3.63) is 84.2 Å². The zero-order chi connectivity index (χ0) is 24.7. The maximum atomic E-state index is 12.5. The van der Waals surface area contributed by atoms with E-state index in [1.807, 2.05) is 74.5 Å². The average molecular weight is 504 g/mol. The standard InChI is InChI=1S/C27H25N3O3S2/c1-4-25(35(31,32)33)30-21-11-9-20(27-18(3)8-6-14-29-27)16-24(21)34-23-12-10-19(15-22(23)30)26-17(2)7-5-13-28-26/h5-16,25H,4H2,1-3H3,(H,31,32,33). The minimum absolute atomic E-state index is 0.219. The third-order valence-corrected chi connectivity index (χ3v) is 8.55. The van der Waals surface area contributed by atoms with Crippen molar-refractivity contribution in [3.63, 3.8) is 0 Å². The van der Waals surface area contributed by atoms with E-state index in [1.54, 1.807) is 36.0 Å². The Morgan fingerprint density at radius 2 is 1.46 bits per heavy atom. The lowest BCUT2D eigenvalue weighted by Crippen LogP contribution is -2.38. The predicted octanol–water partition coefficient (Wildman–Crippen LogP) is 6.65. The van der Waals surface area contributed by atoms with Crippen LogP contribution in [0.1, 0.15) is 24.5 Å². The minimum Gasteiger partial charge on any atom is -0.320 e. The molecule has 1 N–H and O–H groups in total. The van der Waals surface area contributed by atoms with E-state index in [0.717, 1.165) is 54.8 Å². The Balaban J connectivity index is 1.70. The van der Waals surface area contributed by atoms with Crippen LogP contribution in [0.15, 0.2) is 82.8 Å². The SMILES string of the molecule is CCC(N1c2ccc(-c3ncccc3C)cc2Sc2ccc(-c3ncccc3C)cc21)S(=O)(=O)O. The molecule has 0 bridgehead atoms. The number of hydrogen-bond acceptors (Lipinski definition) is 6. The van der Waals surface area contributed by atoms with Crippen molar-refractivity contribution >= 4 is 33.3 Å². The van der Waals surface area contributed by atoms with Crippen LogP contribution < -0.4 is 4.90 Å². The molecular weight excluding hydrogens is 478 g/mol. The van der Waals surface area contributed by atoms with Gasteiger partial charge in [-0.2, -0.15) is 8.42 Å². The molecule has 6 nitrogen and oxygen atoms in total. The number of aryl methyl sites for hydroxylation is 2. The topological polar surface area (TPSA) is 83.4 Å². The Hall–Kier alpha value is -3.20. The molecule has 3 heterocycles. The largest absolute Gasteiger partial charge is 0.320 e. The quantitative estimate of drug-likeness (QED) is 0.305. The van der Waals surface area contributed by atoms with Crippen LogP contribution in [-0.4, -0.2) is 28.3 Å². The van der Waals surface area contributed by atoms with E-state index in [1.165, 1.54) is 0 Å². The van der Waals surface area contributed by atoms with Gasteiger partial charge in [0.1, 0.15) is 0 Å². The van der Waals surface area contributed by atoms with Crippen molar-refractivity contribution in [2.24, 2.45) is 0 Å². The molecule has 0 radical (unpaired) electrons. The van der Waals surface area contributed by atoms with Crippen LogP contribution in [0.5, 0.6) is 0 Å². The fourth-order valence-electron chi connectivity index (χ4n) is 4.54. The third kappa shape index (κ3) is 4.33. The molecule has 5 rings (SSSR count). The molecule has 0 aliphatic carbocycles. The van der Waals surface area contributed by atoms with E-state index >= 15 is 0 Å². The molecule has 0 saturated heterocycles. The van der Waals surface area contributed by atoms with Crippen LogP contribution in [-0.2, 0) is 10.1 Å². The summed E-state index contributed by atoms with van der Waals surface area (Å²) in [4.78, 5) is 12.6. The fourth-order valence-corrected chi connectivity index (χ4v) is 6.55. The molecule has 178 valence electrons. The first-order valence-electron chi connectivity index (χ1n) is 11.3. The van der Waals surface area contributed by atoms with E-state index in [2.05, 4.69) is 9.97 Å². The van der Waals surface area contributed by atoms with Crippen molar-refractivity contribution in [2.45, 2.75) is 42.4 Å². The molecule has 0 amide bonds. The number of pyridine rings is 2. The maximum absolute atomic E-state index is 12.5. The van der Waals surface area contributed by atoms with Crippen molar-refractivity contribution in [1.82, 2.24) is 9.97 Å².